The summed E-state index contributed by atoms with van der Waals surface area (Å²) in [7, 11) is 0. The molecule has 0 aromatic rings. The molecule has 0 aliphatic heterocycles. The first-order chi connectivity index (χ1) is 4.97. The van der Waals surface area contributed by atoms with Crippen molar-refractivity contribution in [2.45, 2.75) is 45.2 Å². The standard InChI is InChI=1S/C8H13F3/c1-2-7(4-3-5-7)6-8(9,10)11/h2-6H2,1H3. The zero-order valence-corrected chi connectivity index (χ0v) is 6.67. The molecule has 11 heavy (non-hydrogen) atoms. The number of hydrogen-bond acceptors (Lipinski definition) is 0. The van der Waals surface area contributed by atoms with E-state index in [2.05, 4.69) is 0 Å². The van der Waals surface area contributed by atoms with Crippen molar-refractivity contribution in [2.75, 3.05) is 0 Å². The molecule has 0 aromatic heterocycles. The maximum absolute atomic E-state index is 12.0. The Morgan fingerprint density at radius 3 is 1.91 bits per heavy atom. The first kappa shape index (κ1) is 8.88. The number of rotatable bonds is 2. The average Bonchev–Trinajstić information content (AvgIpc) is 1.77. The summed E-state index contributed by atoms with van der Waals surface area (Å²) in [5.41, 5.74) is -0.377. The highest BCUT2D eigenvalue weighted by atomic mass is 19.4. The Kier molecular flexibility index (Phi) is 2.17. The Bertz CT molecular complexity index is 127. The molecular weight excluding hydrogens is 153 g/mol. The summed E-state index contributed by atoms with van der Waals surface area (Å²) in [6.45, 7) is 1.85. The lowest BCUT2D eigenvalue weighted by Crippen LogP contribution is -2.33. The summed E-state index contributed by atoms with van der Waals surface area (Å²) in [5, 5.41) is 0. The van der Waals surface area contributed by atoms with Crippen LogP contribution in [0.2, 0.25) is 0 Å². The van der Waals surface area contributed by atoms with Crippen LogP contribution in [-0.2, 0) is 0 Å². The number of hydrogen-bond donors (Lipinski definition) is 0. The van der Waals surface area contributed by atoms with Gasteiger partial charge in [0.05, 0.1) is 0 Å². The summed E-state index contributed by atoms with van der Waals surface area (Å²) < 4.78 is 35.9. The first-order valence-electron chi connectivity index (χ1n) is 4.04. The third-order valence-electron chi connectivity index (χ3n) is 2.74. The predicted molar refractivity (Wildman–Crippen MR) is 37.2 cm³/mol. The zero-order valence-electron chi connectivity index (χ0n) is 6.67. The highest BCUT2D eigenvalue weighted by Gasteiger charge is 2.44. The third-order valence-corrected chi connectivity index (χ3v) is 2.74. The molecule has 0 radical (unpaired) electrons. The maximum atomic E-state index is 12.0. The van der Waals surface area contributed by atoms with Crippen molar-refractivity contribution in [3.05, 3.63) is 0 Å². The van der Waals surface area contributed by atoms with Gasteiger partial charge in [-0.2, -0.15) is 13.2 Å². The molecule has 0 aromatic carbocycles. The van der Waals surface area contributed by atoms with E-state index in [-0.39, 0.29) is 5.41 Å². The molecule has 66 valence electrons. The summed E-state index contributed by atoms with van der Waals surface area (Å²) in [6, 6.07) is 0. The van der Waals surface area contributed by atoms with Crippen molar-refractivity contribution >= 4 is 0 Å². The Morgan fingerprint density at radius 1 is 1.27 bits per heavy atom. The fraction of sp³-hybridized carbons (Fsp3) is 1.00. The van der Waals surface area contributed by atoms with Gasteiger partial charge in [0.25, 0.3) is 0 Å². The van der Waals surface area contributed by atoms with Gasteiger partial charge in [-0.25, -0.2) is 0 Å². The topological polar surface area (TPSA) is 0 Å². The monoisotopic (exact) mass is 166 g/mol. The van der Waals surface area contributed by atoms with E-state index in [0.717, 1.165) is 19.3 Å². The van der Waals surface area contributed by atoms with Gasteiger partial charge in [0.15, 0.2) is 0 Å². The highest BCUT2D eigenvalue weighted by Crippen LogP contribution is 2.50. The van der Waals surface area contributed by atoms with Gasteiger partial charge in [-0.15, -0.1) is 0 Å². The van der Waals surface area contributed by atoms with E-state index in [0.29, 0.717) is 6.42 Å². The van der Waals surface area contributed by atoms with Gasteiger partial charge in [-0.05, 0) is 18.3 Å². The van der Waals surface area contributed by atoms with Gasteiger partial charge in [0.2, 0.25) is 0 Å². The van der Waals surface area contributed by atoms with Crippen molar-refractivity contribution < 1.29 is 13.2 Å². The van der Waals surface area contributed by atoms with Crippen LogP contribution >= 0.6 is 0 Å². The molecule has 1 saturated carbocycles. The van der Waals surface area contributed by atoms with Gasteiger partial charge >= 0.3 is 6.18 Å². The van der Waals surface area contributed by atoms with E-state index in [4.69, 9.17) is 0 Å². The molecule has 0 amide bonds. The first-order valence-corrected chi connectivity index (χ1v) is 4.04. The predicted octanol–water partition coefficient (Wildman–Crippen LogP) is 3.52. The fourth-order valence-electron chi connectivity index (χ4n) is 1.76. The van der Waals surface area contributed by atoms with Crippen LogP contribution in [-0.4, -0.2) is 6.18 Å². The van der Waals surface area contributed by atoms with E-state index >= 15 is 0 Å². The molecule has 0 atom stereocenters. The second-order valence-corrected chi connectivity index (χ2v) is 3.50. The lowest BCUT2D eigenvalue weighted by Gasteiger charge is -2.41. The normalized spacial score (nSPS) is 22.9. The number of halogens is 3. The minimum Gasteiger partial charge on any atom is -0.171 e. The molecule has 0 N–H and O–H groups in total. The molecule has 1 fully saturated rings. The Morgan fingerprint density at radius 2 is 1.82 bits per heavy atom. The molecule has 3 heteroatoms. The zero-order chi connectivity index (χ0) is 8.54. The van der Waals surface area contributed by atoms with Crippen LogP contribution in [0.4, 0.5) is 13.2 Å². The van der Waals surface area contributed by atoms with E-state index in [9.17, 15) is 13.2 Å². The Hall–Kier alpha value is -0.210. The summed E-state index contributed by atoms with van der Waals surface area (Å²) in [5.74, 6) is 0. The largest absolute Gasteiger partial charge is 0.389 e. The third kappa shape index (κ3) is 2.11. The van der Waals surface area contributed by atoms with Crippen LogP contribution in [0.1, 0.15) is 39.0 Å². The van der Waals surface area contributed by atoms with E-state index in [1.165, 1.54) is 0 Å². The summed E-state index contributed by atoms with van der Waals surface area (Å²) in [6.07, 6.45) is -1.35. The summed E-state index contributed by atoms with van der Waals surface area (Å²) >= 11 is 0. The van der Waals surface area contributed by atoms with E-state index in [1.54, 1.807) is 0 Å². The average molecular weight is 166 g/mol. The van der Waals surface area contributed by atoms with Crippen LogP contribution in [0.5, 0.6) is 0 Å². The molecular formula is C8H13F3. The Labute approximate surface area is 64.8 Å². The minimum atomic E-state index is -3.96. The van der Waals surface area contributed by atoms with Gasteiger partial charge in [-0.3, -0.25) is 0 Å². The molecule has 0 saturated heterocycles. The van der Waals surface area contributed by atoms with Crippen molar-refractivity contribution in [3.63, 3.8) is 0 Å². The highest BCUT2D eigenvalue weighted by molar-refractivity contribution is 4.88. The maximum Gasteiger partial charge on any atom is 0.389 e. The molecule has 0 bridgehead atoms. The van der Waals surface area contributed by atoms with E-state index in [1.807, 2.05) is 6.92 Å². The molecule has 0 spiro atoms. The molecule has 0 unspecified atom stereocenters. The van der Waals surface area contributed by atoms with Crippen LogP contribution < -0.4 is 0 Å². The van der Waals surface area contributed by atoms with Gasteiger partial charge in [0, 0.05) is 6.42 Å². The molecule has 1 rings (SSSR count). The quantitative estimate of drug-likeness (QED) is 0.588. The lowest BCUT2D eigenvalue weighted by atomic mass is 9.65. The SMILES string of the molecule is CCC1(CC(F)(F)F)CCC1. The second-order valence-electron chi connectivity index (χ2n) is 3.50. The number of alkyl halides is 3. The molecule has 1 aliphatic rings. The van der Waals surface area contributed by atoms with Crippen molar-refractivity contribution in [2.24, 2.45) is 5.41 Å². The van der Waals surface area contributed by atoms with Crippen LogP contribution in [0.3, 0.4) is 0 Å². The van der Waals surface area contributed by atoms with Crippen LogP contribution in [0.15, 0.2) is 0 Å². The van der Waals surface area contributed by atoms with Gasteiger partial charge in [0.1, 0.15) is 0 Å². The van der Waals surface area contributed by atoms with Gasteiger partial charge < -0.3 is 0 Å². The van der Waals surface area contributed by atoms with Crippen molar-refractivity contribution in [1.29, 1.82) is 0 Å². The van der Waals surface area contributed by atoms with Crippen molar-refractivity contribution in [3.8, 4) is 0 Å². The van der Waals surface area contributed by atoms with Crippen LogP contribution in [0.25, 0.3) is 0 Å². The van der Waals surface area contributed by atoms with Gasteiger partial charge in [-0.1, -0.05) is 19.8 Å². The molecule has 1 aliphatic carbocycles. The molecule has 0 nitrogen and oxygen atoms in total. The summed E-state index contributed by atoms with van der Waals surface area (Å²) in [4.78, 5) is 0. The fourth-order valence-corrected chi connectivity index (χ4v) is 1.76. The second kappa shape index (κ2) is 2.68. The minimum absolute atomic E-state index is 0.377. The smallest absolute Gasteiger partial charge is 0.171 e. The van der Waals surface area contributed by atoms with Crippen molar-refractivity contribution in [1.82, 2.24) is 0 Å². The lowest BCUT2D eigenvalue weighted by molar-refractivity contribution is -0.170. The Balaban J connectivity index is 2.45. The van der Waals surface area contributed by atoms with Crippen LogP contribution in [0, 0.1) is 5.41 Å². The van der Waals surface area contributed by atoms with E-state index < -0.39 is 12.6 Å². The molecule has 0 heterocycles.